The van der Waals surface area contributed by atoms with Gasteiger partial charge in [-0.15, -0.1) is 0 Å². The zero-order chi connectivity index (χ0) is 18.4. The van der Waals surface area contributed by atoms with Gasteiger partial charge in [0, 0.05) is 65.6 Å². The Morgan fingerprint density at radius 3 is 2.77 bits per heavy atom. The first-order valence-electron chi connectivity index (χ1n) is 9.35. The second kappa shape index (κ2) is 9.09. The molecule has 2 aliphatic heterocycles. The molecule has 0 aromatic carbocycles. The number of carbonyl (C=O) groups is 2. The van der Waals surface area contributed by atoms with Gasteiger partial charge in [0.05, 0.1) is 18.2 Å². The van der Waals surface area contributed by atoms with E-state index in [1.807, 2.05) is 23.1 Å². The van der Waals surface area contributed by atoms with Gasteiger partial charge in [0.15, 0.2) is 0 Å². The number of piperazine rings is 1. The summed E-state index contributed by atoms with van der Waals surface area (Å²) >= 11 is 0. The summed E-state index contributed by atoms with van der Waals surface area (Å²) in [6, 6.07) is 5.68. The van der Waals surface area contributed by atoms with Crippen molar-refractivity contribution in [2.45, 2.75) is 19.4 Å². The standard InChI is InChI=1S/C19H28N4O3/c1-26-12-4-7-21-8-10-22(11-9-21)19(25)16-13-18(24)23(14-16)15-17-5-2-3-6-20-17/h2-3,5-6,16H,4,7-15H2,1H3/t16-/m1/s1. The van der Waals surface area contributed by atoms with Crippen molar-refractivity contribution in [3.8, 4) is 0 Å². The van der Waals surface area contributed by atoms with E-state index in [2.05, 4.69) is 9.88 Å². The molecule has 7 nitrogen and oxygen atoms in total. The van der Waals surface area contributed by atoms with E-state index in [1.165, 1.54) is 0 Å². The third-order valence-corrected chi connectivity index (χ3v) is 5.15. The second-order valence-corrected chi connectivity index (χ2v) is 7.01. The first-order chi connectivity index (χ1) is 12.7. The van der Waals surface area contributed by atoms with Crippen molar-refractivity contribution in [1.82, 2.24) is 19.7 Å². The first kappa shape index (κ1) is 18.8. The molecule has 1 aromatic rings. The van der Waals surface area contributed by atoms with Crippen LogP contribution in [0.4, 0.5) is 0 Å². The van der Waals surface area contributed by atoms with Crippen molar-refractivity contribution in [1.29, 1.82) is 0 Å². The van der Waals surface area contributed by atoms with Crippen molar-refractivity contribution in [3.63, 3.8) is 0 Å². The largest absolute Gasteiger partial charge is 0.385 e. The molecule has 0 saturated carbocycles. The zero-order valence-corrected chi connectivity index (χ0v) is 15.5. The van der Waals surface area contributed by atoms with E-state index >= 15 is 0 Å². The Balaban J connectivity index is 1.46. The summed E-state index contributed by atoms with van der Waals surface area (Å²) in [5.41, 5.74) is 0.860. The smallest absolute Gasteiger partial charge is 0.228 e. The summed E-state index contributed by atoms with van der Waals surface area (Å²) in [5, 5.41) is 0. The fraction of sp³-hybridized carbons (Fsp3) is 0.632. The number of aromatic nitrogens is 1. The normalized spacial score (nSPS) is 21.4. The van der Waals surface area contributed by atoms with Crippen LogP contribution in [0, 0.1) is 5.92 Å². The summed E-state index contributed by atoms with van der Waals surface area (Å²) in [5.74, 6) is -0.0446. The number of ether oxygens (including phenoxy) is 1. The maximum atomic E-state index is 12.8. The SMILES string of the molecule is COCCCN1CCN(C(=O)[C@@H]2CC(=O)N(Cc3ccccn3)C2)CC1. The van der Waals surface area contributed by atoms with Crippen LogP contribution in [0.15, 0.2) is 24.4 Å². The molecule has 0 unspecified atom stereocenters. The third-order valence-electron chi connectivity index (χ3n) is 5.15. The van der Waals surface area contributed by atoms with Crippen molar-refractivity contribution in [3.05, 3.63) is 30.1 Å². The van der Waals surface area contributed by atoms with E-state index in [-0.39, 0.29) is 17.7 Å². The molecule has 1 atom stereocenters. The molecule has 2 fully saturated rings. The van der Waals surface area contributed by atoms with Crippen molar-refractivity contribution >= 4 is 11.8 Å². The molecule has 2 saturated heterocycles. The van der Waals surface area contributed by atoms with Gasteiger partial charge in [-0.25, -0.2) is 0 Å². The molecule has 0 aliphatic carbocycles. The van der Waals surface area contributed by atoms with Gasteiger partial charge in [0.25, 0.3) is 0 Å². The number of amides is 2. The van der Waals surface area contributed by atoms with Crippen LogP contribution in [0.2, 0.25) is 0 Å². The minimum absolute atomic E-state index is 0.0483. The Hall–Kier alpha value is -1.99. The predicted molar refractivity (Wildman–Crippen MR) is 97.3 cm³/mol. The number of hydrogen-bond donors (Lipinski definition) is 0. The van der Waals surface area contributed by atoms with E-state index < -0.39 is 0 Å². The lowest BCUT2D eigenvalue weighted by Gasteiger charge is -2.35. The molecule has 3 heterocycles. The third kappa shape index (κ3) is 4.80. The van der Waals surface area contributed by atoms with E-state index in [0.29, 0.717) is 19.5 Å². The van der Waals surface area contributed by atoms with Crippen molar-refractivity contribution in [2.24, 2.45) is 5.92 Å². The second-order valence-electron chi connectivity index (χ2n) is 7.01. The van der Waals surface area contributed by atoms with Crippen LogP contribution < -0.4 is 0 Å². The summed E-state index contributed by atoms with van der Waals surface area (Å²) in [6.07, 6.45) is 3.06. The number of nitrogens with zero attached hydrogens (tertiary/aromatic N) is 4. The quantitative estimate of drug-likeness (QED) is 0.667. The van der Waals surface area contributed by atoms with Gasteiger partial charge in [0.2, 0.25) is 11.8 Å². The molecule has 2 aliphatic rings. The van der Waals surface area contributed by atoms with E-state index in [1.54, 1.807) is 18.2 Å². The van der Waals surface area contributed by atoms with Gasteiger partial charge >= 0.3 is 0 Å². The van der Waals surface area contributed by atoms with Gasteiger partial charge < -0.3 is 14.5 Å². The lowest BCUT2D eigenvalue weighted by atomic mass is 10.1. The Morgan fingerprint density at radius 2 is 2.08 bits per heavy atom. The van der Waals surface area contributed by atoms with Crippen LogP contribution in [0.1, 0.15) is 18.5 Å². The molecule has 3 rings (SSSR count). The van der Waals surface area contributed by atoms with Crippen molar-refractivity contribution in [2.75, 3.05) is 53.0 Å². The number of carbonyl (C=O) groups excluding carboxylic acids is 2. The van der Waals surface area contributed by atoms with E-state index in [9.17, 15) is 9.59 Å². The fourth-order valence-electron chi connectivity index (χ4n) is 3.66. The topological polar surface area (TPSA) is 66.0 Å². The first-order valence-corrected chi connectivity index (χ1v) is 9.35. The van der Waals surface area contributed by atoms with Crippen LogP contribution in [-0.4, -0.2) is 84.5 Å². The molecule has 1 aromatic heterocycles. The molecule has 142 valence electrons. The maximum absolute atomic E-state index is 12.8. The van der Waals surface area contributed by atoms with Crippen molar-refractivity contribution < 1.29 is 14.3 Å². The molecular formula is C19H28N4O3. The van der Waals surface area contributed by atoms with Crippen LogP contribution in [0.25, 0.3) is 0 Å². The lowest BCUT2D eigenvalue weighted by Crippen LogP contribution is -2.50. The van der Waals surface area contributed by atoms with Crippen LogP contribution in [0.5, 0.6) is 0 Å². The number of hydrogen-bond acceptors (Lipinski definition) is 5. The minimum Gasteiger partial charge on any atom is -0.385 e. The summed E-state index contributed by atoms with van der Waals surface area (Å²) in [7, 11) is 1.72. The monoisotopic (exact) mass is 360 g/mol. The highest BCUT2D eigenvalue weighted by Crippen LogP contribution is 2.22. The zero-order valence-electron chi connectivity index (χ0n) is 15.5. The summed E-state index contributed by atoms with van der Waals surface area (Å²) in [4.78, 5) is 35.4. The Labute approximate surface area is 154 Å². The predicted octanol–water partition coefficient (Wildman–Crippen LogP) is 0.611. The number of rotatable bonds is 7. The molecule has 7 heteroatoms. The van der Waals surface area contributed by atoms with E-state index in [0.717, 1.165) is 51.4 Å². The summed E-state index contributed by atoms with van der Waals surface area (Å²) < 4.78 is 5.09. The summed E-state index contributed by atoms with van der Waals surface area (Å²) in [6.45, 7) is 6.05. The van der Waals surface area contributed by atoms with E-state index in [4.69, 9.17) is 4.74 Å². The van der Waals surface area contributed by atoms with Gasteiger partial charge in [-0.2, -0.15) is 0 Å². The van der Waals surface area contributed by atoms with Gasteiger partial charge in [-0.3, -0.25) is 19.5 Å². The Kier molecular flexibility index (Phi) is 6.57. The molecular weight excluding hydrogens is 332 g/mol. The molecule has 26 heavy (non-hydrogen) atoms. The maximum Gasteiger partial charge on any atom is 0.228 e. The van der Waals surface area contributed by atoms with Gasteiger partial charge in [-0.1, -0.05) is 6.07 Å². The highest BCUT2D eigenvalue weighted by molar-refractivity contribution is 5.89. The molecule has 0 spiro atoms. The average molecular weight is 360 g/mol. The Morgan fingerprint density at radius 1 is 1.27 bits per heavy atom. The fourth-order valence-corrected chi connectivity index (χ4v) is 3.66. The molecule has 0 N–H and O–H groups in total. The van der Waals surface area contributed by atoms with Crippen LogP contribution in [0.3, 0.4) is 0 Å². The highest BCUT2D eigenvalue weighted by Gasteiger charge is 2.37. The Bertz CT molecular complexity index is 602. The van der Waals surface area contributed by atoms with Gasteiger partial charge in [0.1, 0.15) is 0 Å². The molecule has 0 radical (unpaired) electrons. The van der Waals surface area contributed by atoms with Gasteiger partial charge in [-0.05, 0) is 18.6 Å². The number of likely N-dealkylation sites (tertiary alicyclic amines) is 1. The number of pyridine rings is 1. The van der Waals surface area contributed by atoms with Crippen LogP contribution in [-0.2, 0) is 20.9 Å². The van der Waals surface area contributed by atoms with Crippen LogP contribution >= 0.6 is 0 Å². The highest BCUT2D eigenvalue weighted by atomic mass is 16.5. The molecule has 2 amide bonds. The molecule has 0 bridgehead atoms. The number of methoxy groups -OCH3 is 1. The average Bonchev–Trinajstić information content (AvgIpc) is 3.03. The minimum atomic E-state index is -0.216. The lowest BCUT2D eigenvalue weighted by molar-refractivity contribution is -0.137.